The molecule has 0 unspecified atom stereocenters. The van der Waals surface area contributed by atoms with Gasteiger partial charge in [0.1, 0.15) is 0 Å². The summed E-state index contributed by atoms with van der Waals surface area (Å²) in [6.45, 7) is 7.99. The SMILES string of the molecule is CCC(C)(C)CNC(=O)CCCCCN. The number of nitrogens with two attached hydrogens (primary N) is 1. The van der Waals surface area contributed by atoms with Gasteiger partial charge >= 0.3 is 0 Å². The first kappa shape index (κ1) is 14.4. The van der Waals surface area contributed by atoms with Crippen LogP contribution in [-0.4, -0.2) is 19.0 Å². The van der Waals surface area contributed by atoms with E-state index < -0.39 is 0 Å². The maximum atomic E-state index is 11.4. The Labute approximate surface area is 93.8 Å². The van der Waals surface area contributed by atoms with Crippen LogP contribution >= 0.6 is 0 Å². The van der Waals surface area contributed by atoms with Gasteiger partial charge in [0.05, 0.1) is 0 Å². The summed E-state index contributed by atoms with van der Waals surface area (Å²) in [5, 5.41) is 2.98. The Hall–Kier alpha value is -0.570. The van der Waals surface area contributed by atoms with Gasteiger partial charge in [-0.1, -0.05) is 27.2 Å². The van der Waals surface area contributed by atoms with E-state index in [9.17, 15) is 4.79 Å². The minimum Gasteiger partial charge on any atom is -0.356 e. The van der Waals surface area contributed by atoms with Crippen molar-refractivity contribution in [2.45, 2.75) is 52.9 Å². The van der Waals surface area contributed by atoms with E-state index in [-0.39, 0.29) is 11.3 Å². The summed E-state index contributed by atoms with van der Waals surface area (Å²) in [4.78, 5) is 11.4. The second-order valence-electron chi connectivity index (χ2n) is 4.89. The van der Waals surface area contributed by atoms with E-state index in [2.05, 4.69) is 26.1 Å². The van der Waals surface area contributed by atoms with Crippen LogP contribution in [0.25, 0.3) is 0 Å². The predicted molar refractivity (Wildman–Crippen MR) is 64.6 cm³/mol. The zero-order valence-corrected chi connectivity index (χ0v) is 10.4. The number of hydrogen-bond donors (Lipinski definition) is 2. The quantitative estimate of drug-likeness (QED) is 0.608. The summed E-state index contributed by atoms with van der Waals surface area (Å²) in [6.07, 6.45) is 4.75. The van der Waals surface area contributed by atoms with Crippen molar-refractivity contribution >= 4 is 5.91 Å². The topological polar surface area (TPSA) is 55.1 Å². The van der Waals surface area contributed by atoms with Crippen LogP contribution in [0.1, 0.15) is 52.9 Å². The number of carbonyl (C=O) groups excluding carboxylic acids is 1. The minimum absolute atomic E-state index is 0.175. The van der Waals surface area contributed by atoms with E-state index in [0.717, 1.165) is 38.8 Å². The fraction of sp³-hybridized carbons (Fsp3) is 0.917. The summed E-state index contributed by atoms with van der Waals surface area (Å²) in [7, 11) is 0. The van der Waals surface area contributed by atoms with E-state index in [1.54, 1.807) is 0 Å². The fourth-order valence-electron chi connectivity index (χ4n) is 1.16. The molecule has 0 aromatic rings. The standard InChI is InChI=1S/C12H26N2O/c1-4-12(2,3)10-14-11(15)8-6-5-7-9-13/h4-10,13H2,1-3H3,(H,14,15). The van der Waals surface area contributed by atoms with Crippen molar-refractivity contribution in [3.05, 3.63) is 0 Å². The molecule has 3 nitrogen and oxygen atoms in total. The minimum atomic E-state index is 0.175. The Morgan fingerprint density at radius 3 is 2.47 bits per heavy atom. The molecule has 0 aliphatic heterocycles. The van der Waals surface area contributed by atoms with Gasteiger partial charge in [0.2, 0.25) is 5.91 Å². The number of hydrogen-bond acceptors (Lipinski definition) is 2. The van der Waals surface area contributed by atoms with Crippen LogP contribution in [0, 0.1) is 5.41 Å². The molecule has 0 aliphatic rings. The van der Waals surface area contributed by atoms with Crippen molar-refractivity contribution in [3.8, 4) is 0 Å². The van der Waals surface area contributed by atoms with Crippen LogP contribution in [0.15, 0.2) is 0 Å². The lowest BCUT2D eigenvalue weighted by Crippen LogP contribution is -2.33. The smallest absolute Gasteiger partial charge is 0.220 e. The molecule has 0 bridgehead atoms. The zero-order chi connectivity index (χ0) is 11.7. The number of amides is 1. The van der Waals surface area contributed by atoms with Crippen LogP contribution in [0.2, 0.25) is 0 Å². The third-order valence-electron chi connectivity index (χ3n) is 2.83. The average Bonchev–Trinajstić information content (AvgIpc) is 2.22. The molecule has 0 aromatic heterocycles. The maximum Gasteiger partial charge on any atom is 0.220 e. The molecular weight excluding hydrogens is 188 g/mol. The first-order valence-corrected chi connectivity index (χ1v) is 5.98. The van der Waals surface area contributed by atoms with E-state index in [0.29, 0.717) is 6.42 Å². The molecule has 3 heteroatoms. The van der Waals surface area contributed by atoms with Crippen molar-refractivity contribution < 1.29 is 4.79 Å². The normalized spacial score (nSPS) is 11.5. The molecule has 15 heavy (non-hydrogen) atoms. The van der Waals surface area contributed by atoms with Crippen molar-refractivity contribution in [2.75, 3.05) is 13.1 Å². The number of carbonyl (C=O) groups is 1. The Morgan fingerprint density at radius 2 is 1.93 bits per heavy atom. The fourth-order valence-corrected chi connectivity index (χ4v) is 1.16. The van der Waals surface area contributed by atoms with Crippen molar-refractivity contribution in [3.63, 3.8) is 0 Å². The van der Waals surface area contributed by atoms with Crippen LogP contribution in [-0.2, 0) is 4.79 Å². The third-order valence-corrected chi connectivity index (χ3v) is 2.83. The second-order valence-corrected chi connectivity index (χ2v) is 4.89. The molecule has 0 aliphatic carbocycles. The Bertz CT molecular complexity index is 178. The molecule has 90 valence electrons. The molecule has 0 saturated carbocycles. The van der Waals surface area contributed by atoms with Gasteiger partial charge in [-0.15, -0.1) is 0 Å². The Kier molecular flexibility index (Phi) is 7.39. The molecule has 3 N–H and O–H groups in total. The van der Waals surface area contributed by atoms with Gasteiger partial charge in [-0.05, 0) is 31.2 Å². The lowest BCUT2D eigenvalue weighted by molar-refractivity contribution is -0.121. The van der Waals surface area contributed by atoms with Gasteiger partial charge in [0, 0.05) is 13.0 Å². The van der Waals surface area contributed by atoms with Gasteiger partial charge < -0.3 is 11.1 Å². The number of rotatable bonds is 8. The van der Waals surface area contributed by atoms with Gasteiger partial charge in [-0.25, -0.2) is 0 Å². The Balaban J connectivity index is 3.49. The van der Waals surface area contributed by atoms with Crippen molar-refractivity contribution in [2.24, 2.45) is 11.1 Å². The van der Waals surface area contributed by atoms with Gasteiger partial charge in [-0.3, -0.25) is 4.79 Å². The van der Waals surface area contributed by atoms with Crippen LogP contribution < -0.4 is 11.1 Å². The first-order valence-electron chi connectivity index (χ1n) is 5.98. The zero-order valence-electron chi connectivity index (χ0n) is 10.4. The Morgan fingerprint density at radius 1 is 1.27 bits per heavy atom. The van der Waals surface area contributed by atoms with Crippen LogP contribution in [0.3, 0.4) is 0 Å². The van der Waals surface area contributed by atoms with Gasteiger partial charge in [-0.2, -0.15) is 0 Å². The predicted octanol–water partition coefficient (Wildman–Crippen LogP) is 2.06. The monoisotopic (exact) mass is 214 g/mol. The molecule has 0 saturated heterocycles. The van der Waals surface area contributed by atoms with Crippen molar-refractivity contribution in [1.82, 2.24) is 5.32 Å². The van der Waals surface area contributed by atoms with Crippen LogP contribution in [0.5, 0.6) is 0 Å². The molecular formula is C12H26N2O. The maximum absolute atomic E-state index is 11.4. The highest BCUT2D eigenvalue weighted by Gasteiger charge is 2.15. The van der Waals surface area contributed by atoms with Gasteiger partial charge in [0.15, 0.2) is 0 Å². The number of unbranched alkanes of at least 4 members (excludes halogenated alkanes) is 2. The van der Waals surface area contributed by atoms with Crippen molar-refractivity contribution in [1.29, 1.82) is 0 Å². The molecule has 0 rings (SSSR count). The second kappa shape index (κ2) is 7.69. The van der Waals surface area contributed by atoms with Crippen LogP contribution in [0.4, 0.5) is 0 Å². The third kappa shape index (κ3) is 8.43. The largest absolute Gasteiger partial charge is 0.356 e. The lowest BCUT2D eigenvalue weighted by atomic mass is 9.90. The van der Waals surface area contributed by atoms with E-state index >= 15 is 0 Å². The average molecular weight is 214 g/mol. The molecule has 1 amide bonds. The summed E-state index contributed by atoms with van der Waals surface area (Å²) in [6, 6.07) is 0. The summed E-state index contributed by atoms with van der Waals surface area (Å²) in [5.74, 6) is 0.175. The summed E-state index contributed by atoms with van der Waals surface area (Å²) < 4.78 is 0. The summed E-state index contributed by atoms with van der Waals surface area (Å²) in [5.41, 5.74) is 5.59. The molecule has 0 spiro atoms. The molecule has 0 radical (unpaired) electrons. The highest BCUT2D eigenvalue weighted by atomic mass is 16.1. The summed E-state index contributed by atoms with van der Waals surface area (Å²) >= 11 is 0. The van der Waals surface area contributed by atoms with E-state index in [4.69, 9.17) is 5.73 Å². The number of nitrogens with one attached hydrogen (secondary N) is 1. The molecule has 0 atom stereocenters. The highest BCUT2D eigenvalue weighted by Crippen LogP contribution is 2.17. The molecule has 0 heterocycles. The molecule has 0 fully saturated rings. The first-order chi connectivity index (χ1) is 7.02. The van der Waals surface area contributed by atoms with E-state index in [1.807, 2.05) is 0 Å². The molecule has 0 aromatic carbocycles. The van der Waals surface area contributed by atoms with E-state index in [1.165, 1.54) is 0 Å². The van der Waals surface area contributed by atoms with Gasteiger partial charge in [0.25, 0.3) is 0 Å². The lowest BCUT2D eigenvalue weighted by Gasteiger charge is -2.22. The highest BCUT2D eigenvalue weighted by molar-refractivity contribution is 5.75.